The van der Waals surface area contributed by atoms with Crippen LogP contribution in [-0.4, -0.2) is 4.98 Å². The molecule has 0 spiro atoms. The van der Waals surface area contributed by atoms with Gasteiger partial charge in [-0.25, -0.2) is 0 Å². The van der Waals surface area contributed by atoms with Crippen molar-refractivity contribution in [1.29, 1.82) is 0 Å². The number of anilines is 1. The zero-order valence-corrected chi connectivity index (χ0v) is 7.35. The molecule has 0 unspecified atom stereocenters. The minimum atomic E-state index is 0.781. The number of nitrogens with one attached hydrogen (secondary N) is 1. The van der Waals surface area contributed by atoms with Crippen LogP contribution in [0.4, 0.5) is 5.69 Å². The number of hydrogen-bond donors (Lipinski definition) is 2. The summed E-state index contributed by atoms with van der Waals surface area (Å²) in [5.74, 6) is 0. The molecule has 2 rings (SSSR count). The van der Waals surface area contributed by atoms with Crippen molar-refractivity contribution in [3.63, 3.8) is 0 Å². The number of aromatic amines is 1. The van der Waals surface area contributed by atoms with Gasteiger partial charge in [0.25, 0.3) is 0 Å². The number of nitrogens with two attached hydrogens (primary N) is 1. The van der Waals surface area contributed by atoms with E-state index in [2.05, 4.69) is 20.9 Å². The average molecular weight is 211 g/mol. The summed E-state index contributed by atoms with van der Waals surface area (Å²) in [5.41, 5.74) is 7.52. The zero-order valence-electron chi connectivity index (χ0n) is 5.76. The molecule has 2 aromatic rings. The summed E-state index contributed by atoms with van der Waals surface area (Å²) in [7, 11) is 0. The van der Waals surface area contributed by atoms with Gasteiger partial charge in [-0.3, -0.25) is 0 Å². The van der Waals surface area contributed by atoms with Gasteiger partial charge >= 0.3 is 0 Å². The van der Waals surface area contributed by atoms with Crippen molar-refractivity contribution in [3.8, 4) is 0 Å². The standard InChI is InChI=1S/C8H7BrN2/c9-7-4-6(10)3-5-1-2-11-8(5)7/h1-4,11H,10H2. The van der Waals surface area contributed by atoms with E-state index in [4.69, 9.17) is 5.73 Å². The van der Waals surface area contributed by atoms with Gasteiger partial charge in [0.15, 0.2) is 0 Å². The molecule has 11 heavy (non-hydrogen) atoms. The van der Waals surface area contributed by atoms with Crippen molar-refractivity contribution in [2.24, 2.45) is 0 Å². The second-order valence-electron chi connectivity index (χ2n) is 2.44. The molecular formula is C8H7BrN2. The van der Waals surface area contributed by atoms with Crippen LogP contribution in [0.3, 0.4) is 0 Å². The summed E-state index contributed by atoms with van der Waals surface area (Å²) < 4.78 is 1.01. The van der Waals surface area contributed by atoms with E-state index in [1.807, 2.05) is 24.4 Å². The maximum Gasteiger partial charge on any atom is 0.0599 e. The van der Waals surface area contributed by atoms with Crippen LogP contribution in [-0.2, 0) is 0 Å². The first kappa shape index (κ1) is 6.73. The number of fused-ring (bicyclic) bond motifs is 1. The molecule has 2 nitrogen and oxygen atoms in total. The highest BCUT2D eigenvalue weighted by molar-refractivity contribution is 9.10. The summed E-state index contributed by atoms with van der Waals surface area (Å²) in [6.45, 7) is 0. The third-order valence-electron chi connectivity index (χ3n) is 1.63. The molecule has 0 radical (unpaired) electrons. The third-order valence-corrected chi connectivity index (χ3v) is 2.26. The van der Waals surface area contributed by atoms with Crippen LogP contribution < -0.4 is 5.73 Å². The highest BCUT2D eigenvalue weighted by Gasteiger charge is 1.99. The Kier molecular flexibility index (Phi) is 1.39. The molecule has 1 heterocycles. The Morgan fingerprint density at radius 2 is 2.18 bits per heavy atom. The predicted molar refractivity (Wildman–Crippen MR) is 50.4 cm³/mol. The first-order valence-electron chi connectivity index (χ1n) is 3.29. The largest absolute Gasteiger partial charge is 0.399 e. The zero-order chi connectivity index (χ0) is 7.84. The van der Waals surface area contributed by atoms with Crippen LogP contribution in [0.25, 0.3) is 10.9 Å². The monoisotopic (exact) mass is 210 g/mol. The topological polar surface area (TPSA) is 41.8 Å². The molecule has 0 aliphatic carbocycles. The molecule has 0 fully saturated rings. The number of H-pyrrole nitrogens is 1. The number of benzene rings is 1. The summed E-state index contributed by atoms with van der Waals surface area (Å²) in [5, 5.41) is 1.14. The molecule has 0 amide bonds. The van der Waals surface area contributed by atoms with E-state index in [9.17, 15) is 0 Å². The molecule has 0 aliphatic rings. The van der Waals surface area contributed by atoms with E-state index < -0.39 is 0 Å². The van der Waals surface area contributed by atoms with Crippen molar-refractivity contribution >= 4 is 32.5 Å². The van der Waals surface area contributed by atoms with Gasteiger partial charge in [0.2, 0.25) is 0 Å². The molecule has 0 saturated heterocycles. The summed E-state index contributed by atoms with van der Waals surface area (Å²) >= 11 is 3.42. The van der Waals surface area contributed by atoms with Crippen LogP contribution in [0.1, 0.15) is 0 Å². The Bertz CT molecular complexity index is 392. The van der Waals surface area contributed by atoms with Gasteiger partial charge in [0.05, 0.1) is 5.52 Å². The molecule has 56 valence electrons. The molecule has 0 aliphatic heterocycles. The predicted octanol–water partition coefficient (Wildman–Crippen LogP) is 2.51. The van der Waals surface area contributed by atoms with Gasteiger partial charge in [-0.15, -0.1) is 0 Å². The van der Waals surface area contributed by atoms with Crippen LogP contribution in [0, 0.1) is 0 Å². The highest BCUT2D eigenvalue weighted by Crippen LogP contribution is 2.25. The molecule has 3 heteroatoms. The number of halogens is 1. The quantitative estimate of drug-likeness (QED) is 0.646. The average Bonchev–Trinajstić information content (AvgIpc) is 2.34. The number of aromatic nitrogens is 1. The lowest BCUT2D eigenvalue weighted by Crippen LogP contribution is -1.83. The van der Waals surface area contributed by atoms with Crippen molar-refractivity contribution in [2.45, 2.75) is 0 Å². The maximum atomic E-state index is 5.64. The first-order valence-corrected chi connectivity index (χ1v) is 4.09. The fourth-order valence-corrected chi connectivity index (χ4v) is 1.76. The van der Waals surface area contributed by atoms with Gasteiger partial charge < -0.3 is 10.7 Å². The van der Waals surface area contributed by atoms with Crippen molar-refractivity contribution in [2.75, 3.05) is 5.73 Å². The van der Waals surface area contributed by atoms with E-state index in [0.717, 1.165) is 21.1 Å². The Labute approximate surface area is 72.5 Å². The highest BCUT2D eigenvalue weighted by atomic mass is 79.9. The maximum absolute atomic E-state index is 5.64. The lowest BCUT2D eigenvalue weighted by Gasteiger charge is -1.96. The van der Waals surface area contributed by atoms with E-state index in [1.165, 1.54) is 0 Å². The lowest BCUT2D eigenvalue weighted by atomic mass is 10.2. The van der Waals surface area contributed by atoms with E-state index >= 15 is 0 Å². The Morgan fingerprint density at radius 1 is 1.36 bits per heavy atom. The smallest absolute Gasteiger partial charge is 0.0599 e. The minimum absolute atomic E-state index is 0.781. The van der Waals surface area contributed by atoms with Gasteiger partial charge in [-0.1, -0.05) is 0 Å². The molecule has 0 bridgehead atoms. The Balaban J connectivity index is 2.91. The summed E-state index contributed by atoms with van der Waals surface area (Å²) in [4.78, 5) is 3.11. The summed E-state index contributed by atoms with van der Waals surface area (Å²) in [6.07, 6.45) is 1.90. The molecular weight excluding hydrogens is 204 g/mol. The van der Waals surface area contributed by atoms with Gasteiger partial charge in [0, 0.05) is 21.7 Å². The SMILES string of the molecule is Nc1cc(Br)c2[nH]ccc2c1. The van der Waals surface area contributed by atoms with Crippen LogP contribution in [0.2, 0.25) is 0 Å². The second kappa shape index (κ2) is 2.27. The number of nitrogen functional groups attached to an aromatic ring is 1. The van der Waals surface area contributed by atoms with E-state index in [0.29, 0.717) is 0 Å². The third kappa shape index (κ3) is 1.01. The molecule has 0 saturated carbocycles. The van der Waals surface area contributed by atoms with Crippen LogP contribution in [0.15, 0.2) is 28.9 Å². The fourth-order valence-electron chi connectivity index (χ4n) is 1.15. The van der Waals surface area contributed by atoms with Crippen molar-refractivity contribution < 1.29 is 0 Å². The first-order chi connectivity index (χ1) is 5.27. The number of hydrogen-bond acceptors (Lipinski definition) is 1. The second-order valence-corrected chi connectivity index (χ2v) is 3.30. The van der Waals surface area contributed by atoms with Gasteiger partial charge in [-0.2, -0.15) is 0 Å². The summed E-state index contributed by atoms with van der Waals surface area (Å²) in [6, 6.07) is 5.83. The normalized spacial score (nSPS) is 10.6. The van der Waals surface area contributed by atoms with Crippen LogP contribution >= 0.6 is 15.9 Å². The van der Waals surface area contributed by atoms with Gasteiger partial charge in [0.1, 0.15) is 0 Å². The molecule has 0 atom stereocenters. The van der Waals surface area contributed by atoms with Crippen molar-refractivity contribution in [1.82, 2.24) is 4.98 Å². The lowest BCUT2D eigenvalue weighted by molar-refractivity contribution is 1.47. The fraction of sp³-hybridized carbons (Fsp3) is 0. The van der Waals surface area contributed by atoms with Gasteiger partial charge in [-0.05, 0) is 34.1 Å². The molecule has 3 N–H and O–H groups in total. The Hall–Kier alpha value is -0.960. The van der Waals surface area contributed by atoms with Crippen molar-refractivity contribution in [3.05, 3.63) is 28.9 Å². The molecule has 1 aromatic carbocycles. The van der Waals surface area contributed by atoms with E-state index in [-0.39, 0.29) is 0 Å². The Morgan fingerprint density at radius 3 is 3.00 bits per heavy atom. The number of rotatable bonds is 0. The minimum Gasteiger partial charge on any atom is -0.399 e. The molecule has 1 aromatic heterocycles. The van der Waals surface area contributed by atoms with Crippen LogP contribution in [0.5, 0.6) is 0 Å². The van der Waals surface area contributed by atoms with E-state index in [1.54, 1.807) is 0 Å².